The number of hydrogen-bond donors (Lipinski definition) is 2. The van der Waals surface area contributed by atoms with E-state index in [4.69, 9.17) is 10.5 Å². The highest BCUT2D eigenvalue weighted by molar-refractivity contribution is 5.73. The second-order valence-corrected chi connectivity index (χ2v) is 3.43. The summed E-state index contributed by atoms with van der Waals surface area (Å²) >= 11 is 0. The Labute approximate surface area is 95.0 Å². The van der Waals surface area contributed by atoms with Gasteiger partial charge in [-0.25, -0.2) is 4.98 Å². The van der Waals surface area contributed by atoms with Crippen LogP contribution in [-0.4, -0.2) is 24.5 Å². The smallest absolute Gasteiger partial charge is 0.217 e. The van der Waals surface area contributed by atoms with E-state index < -0.39 is 0 Å². The van der Waals surface area contributed by atoms with Gasteiger partial charge in [-0.2, -0.15) is 0 Å². The monoisotopic (exact) mass is 223 g/mol. The van der Waals surface area contributed by atoms with Crippen molar-refractivity contribution in [2.75, 3.05) is 19.0 Å². The quantitative estimate of drug-likeness (QED) is 0.680. The van der Waals surface area contributed by atoms with Gasteiger partial charge in [-0.05, 0) is 25.0 Å². The lowest BCUT2D eigenvalue weighted by Gasteiger charge is -2.05. The Morgan fingerprint density at radius 2 is 2.31 bits per heavy atom. The van der Waals surface area contributed by atoms with E-state index in [0.29, 0.717) is 6.42 Å². The molecule has 0 saturated heterocycles. The van der Waals surface area contributed by atoms with E-state index in [0.717, 1.165) is 31.0 Å². The van der Waals surface area contributed by atoms with Gasteiger partial charge >= 0.3 is 0 Å². The second-order valence-electron chi connectivity index (χ2n) is 3.43. The molecule has 1 aromatic heterocycles. The Hall–Kier alpha value is -1.78. The molecular formula is C11H17N3O2. The summed E-state index contributed by atoms with van der Waals surface area (Å²) in [6, 6.07) is 3.70. The zero-order chi connectivity index (χ0) is 11.8. The highest BCUT2D eigenvalue weighted by Gasteiger charge is 1.96. The molecule has 0 aliphatic carbocycles. The normalized spacial score (nSPS) is 9.81. The molecule has 0 aromatic carbocycles. The van der Waals surface area contributed by atoms with Crippen LogP contribution in [0.4, 0.5) is 5.82 Å². The van der Waals surface area contributed by atoms with Gasteiger partial charge in [0.1, 0.15) is 11.6 Å². The van der Waals surface area contributed by atoms with Crippen LogP contribution in [0, 0.1) is 0 Å². The molecule has 0 atom stereocenters. The summed E-state index contributed by atoms with van der Waals surface area (Å²) in [5.41, 5.74) is 5.03. The van der Waals surface area contributed by atoms with Gasteiger partial charge in [0.05, 0.1) is 13.3 Å². The number of aromatic nitrogens is 1. The van der Waals surface area contributed by atoms with Crippen molar-refractivity contribution in [2.24, 2.45) is 5.73 Å². The molecule has 5 heteroatoms. The highest BCUT2D eigenvalue weighted by atomic mass is 16.5. The number of pyridine rings is 1. The van der Waals surface area contributed by atoms with E-state index in [1.54, 1.807) is 13.3 Å². The summed E-state index contributed by atoms with van der Waals surface area (Å²) in [5, 5.41) is 3.15. The molecule has 0 saturated carbocycles. The van der Waals surface area contributed by atoms with Crippen LogP contribution >= 0.6 is 0 Å². The molecule has 0 unspecified atom stereocenters. The molecule has 1 amide bonds. The average molecular weight is 223 g/mol. The number of carbonyl (C=O) groups excluding carboxylic acids is 1. The minimum Gasteiger partial charge on any atom is -0.495 e. The number of nitrogens with one attached hydrogen (secondary N) is 1. The topological polar surface area (TPSA) is 77.2 Å². The lowest BCUT2D eigenvalue weighted by molar-refractivity contribution is -0.118. The SMILES string of the molecule is COc1ccc(NCCCCC(N)=O)nc1. The molecule has 1 aromatic rings. The maximum absolute atomic E-state index is 10.5. The zero-order valence-corrected chi connectivity index (χ0v) is 9.40. The second kappa shape index (κ2) is 6.66. The number of methoxy groups -OCH3 is 1. The molecule has 0 radical (unpaired) electrons. The summed E-state index contributed by atoms with van der Waals surface area (Å²) in [6.45, 7) is 0.784. The standard InChI is InChI=1S/C11H17N3O2/c1-16-9-5-6-11(14-8-9)13-7-3-2-4-10(12)15/h5-6,8H,2-4,7H2,1H3,(H2,12,15)(H,13,14). The van der Waals surface area contributed by atoms with Gasteiger partial charge in [0, 0.05) is 13.0 Å². The first-order chi connectivity index (χ1) is 7.72. The number of nitrogens with zero attached hydrogens (tertiary/aromatic N) is 1. The first-order valence-electron chi connectivity index (χ1n) is 5.24. The van der Waals surface area contributed by atoms with Gasteiger partial charge in [-0.1, -0.05) is 0 Å². The Morgan fingerprint density at radius 3 is 2.88 bits per heavy atom. The maximum Gasteiger partial charge on any atom is 0.217 e. The molecule has 0 spiro atoms. The number of nitrogens with two attached hydrogens (primary N) is 1. The number of anilines is 1. The predicted molar refractivity (Wildman–Crippen MR) is 62.3 cm³/mol. The maximum atomic E-state index is 10.5. The number of carbonyl (C=O) groups is 1. The van der Waals surface area contributed by atoms with E-state index in [1.807, 2.05) is 12.1 Å². The third-order valence-electron chi connectivity index (χ3n) is 2.13. The third kappa shape index (κ3) is 4.63. The fourth-order valence-corrected chi connectivity index (χ4v) is 1.25. The number of amides is 1. The van der Waals surface area contributed by atoms with Crippen LogP contribution in [0.3, 0.4) is 0 Å². The van der Waals surface area contributed by atoms with Crippen LogP contribution in [0.2, 0.25) is 0 Å². The van der Waals surface area contributed by atoms with Crippen molar-refractivity contribution in [3.05, 3.63) is 18.3 Å². The summed E-state index contributed by atoms with van der Waals surface area (Å²) in [5.74, 6) is 1.29. The minimum atomic E-state index is -0.248. The molecule has 16 heavy (non-hydrogen) atoms. The van der Waals surface area contributed by atoms with E-state index in [1.165, 1.54) is 0 Å². The van der Waals surface area contributed by atoms with Gasteiger partial charge in [0.25, 0.3) is 0 Å². The van der Waals surface area contributed by atoms with Crippen LogP contribution in [0.5, 0.6) is 5.75 Å². The summed E-state index contributed by atoms with van der Waals surface area (Å²) in [7, 11) is 1.61. The van der Waals surface area contributed by atoms with Crippen LogP contribution in [0.15, 0.2) is 18.3 Å². The van der Waals surface area contributed by atoms with Gasteiger partial charge in [0.2, 0.25) is 5.91 Å². The van der Waals surface area contributed by atoms with Gasteiger partial charge in [0.15, 0.2) is 0 Å². The summed E-state index contributed by atoms with van der Waals surface area (Å²) < 4.78 is 5.00. The third-order valence-corrected chi connectivity index (χ3v) is 2.13. The van der Waals surface area contributed by atoms with Crippen LogP contribution in [-0.2, 0) is 4.79 Å². The molecule has 5 nitrogen and oxygen atoms in total. The molecule has 88 valence electrons. The number of unbranched alkanes of at least 4 members (excludes halogenated alkanes) is 1. The molecule has 0 bridgehead atoms. The average Bonchev–Trinajstić information content (AvgIpc) is 2.29. The largest absolute Gasteiger partial charge is 0.495 e. The van der Waals surface area contributed by atoms with E-state index >= 15 is 0 Å². The molecular weight excluding hydrogens is 206 g/mol. The Balaban J connectivity index is 2.19. The molecule has 1 rings (SSSR count). The number of ether oxygens (including phenoxy) is 1. The number of hydrogen-bond acceptors (Lipinski definition) is 4. The van der Waals surface area contributed by atoms with Crippen LogP contribution in [0.25, 0.3) is 0 Å². The van der Waals surface area contributed by atoms with Crippen molar-refractivity contribution in [2.45, 2.75) is 19.3 Å². The van der Waals surface area contributed by atoms with Crippen LogP contribution < -0.4 is 15.8 Å². The van der Waals surface area contributed by atoms with E-state index in [2.05, 4.69) is 10.3 Å². The molecule has 1 heterocycles. The fraction of sp³-hybridized carbons (Fsp3) is 0.455. The Morgan fingerprint density at radius 1 is 1.50 bits per heavy atom. The van der Waals surface area contributed by atoms with Crippen molar-refractivity contribution >= 4 is 11.7 Å². The predicted octanol–water partition coefficient (Wildman–Crippen LogP) is 1.16. The lowest BCUT2D eigenvalue weighted by atomic mass is 10.2. The van der Waals surface area contributed by atoms with Gasteiger partial charge in [-0.3, -0.25) is 4.79 Å². The highest BCUT2D eigenvalue weighted by Crippen LogP contribution is 2.11. The molecule has 3 N–H and O–H groups in total. The van der Waals surface area contributed by atoms with Crippen molar-refractivity contribution in [3.63, 3.8) is 0 Å². The van der Waals surface area contributed by atoms with E-state index in [9.17, 15) is 4.79 Å². The Bertz CT molecular complexity index is 325. The minimum absolute atomic E-state index is 0.248. The van der Waals surface area contributed by atoms with E-state index in [-0.39, 0.29) is 5.91 Å². The summed E-state index contributed by atoms with van der Waals surface area (Å²) in [6.07, 6.45) is 3.80. The van der Waals surface area contributed by atoms with Crippen molar-refractivity contribution in [3.8, 4) is 5.75 Å². The van der Waals surface area contributed by atoms with Gasteiger partial charge < -0.3 is 15.8 Å². The molecule has 0 fully saturated rings. The summed E-state index contributed by atoms with van der Waals surface area (Å²) in [4.78, 5) is 14.6. The number of rotatable bonds is 7. The van der Waals surface area contributed by atoms with Crippen LogP contribution in [0.1, 0.15) is 19.3 Å². The van der Waals surface area contributed by atoms with Crippen molar-refractivity contribution in [1.82, 2.24) is 4.98 Å². The van der Waals surface area contributed by atoms with Gasteiger partial charge in [-0.15, -0.1) is 0 Å². The number of primary amides is 1. The fourth-order valence-electron chi connectivity index (χ4n) is 1.25. The Kier molecular flexibility index (Phi) is 5.11. The zero-order valence-electron chi connectivity index (χ0n) is 9.40. The van der Waals surface area contributed by atoms with Crippen molar-refractivity contribution < 1.29 is 9.53 Å². The van der Waals surface area contributed by atoms with Crippen molar-refractivity contribution in [1.29, 1.82) is 0 Å². The molecule has 0 aliphatic rings. The first-order valence-corrected chi connectivity index (χ1v) is 5.24. The molecule has 0 aliphatic heterocycles. The first kappa shape index (κ1) is 12.3. The lowest BCUT2D eigenvalue weighted by Crippen LogP contribution is -2.11.